The molecule has 0 atom stereocenters. The van der Waals surface area contributed by atoms with Crippen LogP contribution in [0.1, 0.15) is 48.4 Å². The summed E-state index contributed by atoms with van der Waals surface area (Å²) in [6.07, 6.45) is 1.28. The number of rotatable bonds is 8. The van der Waals surface area contributed by atoms with Crippen LogP contribution >= 0.6 is 22.9 Å². The second-order valence-electron chi connectivity index (χ2n) is 6.80. The van der Waals surface area contributed by atoms with Crippen LogP contribution in [0, 0.1) is 0 Å². The first-order chi connectivity index (χ1) is 16.3. The van der Waals surface area contributed by atoms with E-state index < -0.39 is 17.8 Å². The summed E-state index contributed by atoms with van der Waals surface area (Å²) in [5, 5.41) is 4.02. The van der Waals surface area contributed by atoms with Crippen LogP contribution in [-0.2, 0) is 16.0 Å². The summed E-state index contributed by atoms with van der Waals surface area (Å²) in [6, 6.07) is 12.6. The SMILES string of the molecule is CCOC(=O)c1ccc(C(=O)N/N=C/c2sc(=O)n(Cc3cccc(C(=O)OC)c3)c2Cl)cc1. The maximum absolute atomic E-state index is 12.4. The Balaban J connectivity index is 1.68. The number of nitrogens with one attached hydrogen (secondary N) is 1. The van der Waals surface area contributed by atoms with Gasteiger partial charge in [-0.2, -0.15) is 5.10 Å². The van der Waals surface area contributed by atoms with Crippen molar-refractivity contribution in [1.82, 2.24) is 9.99 Å². The number of hydrazone groups is 1. The van der Waals surface area contributed by atoms with Crippen LogP contribution in [0.5, 0.6) is 0 Å². The molecule has 0 saturated heterocycles. The van der Waals surface area contributed by atoms with Crippen molar-refractivity contribution in [3.8, 4) is 0 Å². The van der Waals surface area contributed by atoms with Gasteiger partial charge in [-0.15, -0.1) is 0 Å². The van der Waals surface area contributed by atoms with E-state index >= 15 is 0 Å². The number of aromatic nitrogens is 1. The molecule has 0 unspecified atom stereocenters. The standard InChI is InChI=1S/C23H20ClN3O6S/c1-3-33-22(30)16-9-7-15(8-10-16)20(28)26-25-12-18-19(24)27(23(31)34-18)13-14-5-4-6-17(11-14)21(29)32-2/h4-12H,3,13H2,1-2H3,(H,26,28)/b25-12+. The van der Waals surface area contributed by atoms with E-state index in [4.69, 9.17) is 21.1 Å². The Bertz CT molecular complexity index is 1300. The molecule has 11 heteroatoms. The second kappa shape index (κ2) is 11.4. The van der Waals surface area contributed by atoms with Gasteiger partial charge in [-0.3, -0.25) is 14.2 Å². The van der Waals surface area contributed by atoms with Gasteiger partial charge in [0, 0.05) is 5.56 Å². The van der Waals surface area contributed by atoms with E-state index in [1.165, 1.54) is 42.2 Å². The Labute approximate surface area is 203 Å². The van der Waals surface area contributed by atoms with Gasteiger partial charge < -0.3 is 9.47 Å². The van der Waals surface area contributed by atoms with Gasteiger partial charge in [0.2, 0.25) is 0 Å². The third-order valence-electron chi connectivity index (χ3n) is 4.55. The molecule has 0 radical (unpaired) electrons. The zero-order valence-electron chi connectivity index (χ0n) is 18.2. The Morgan fingerprint density at radius 2 is 1.79 bits per heavy atom. The topological polar surface area (TPSA) is 116 Å². The number of hydrogen-bond donors (Lipinski definition) is 1. The molecule has 0 aliphatic carbocycles. The first-order valence-corrected chi connectivity index (χ1v) is 11.2. The van der Waals surface area contributed by atoms with Crippen LogP contribution < -0.4 is 10.3 Å². The fourth-order valence-electron chi connectivity index (χ4n) is 2.90. The summed E-state index contributed by atoms with van der Waals surface area (Å²) in [5.41, 5.74) is 4.02. The van der Waals surface area contributed by atoms with E-state index in [0.29, 0.717) is 21.6 Å². The highest BCUT2D eigenvalue weighted by Gasteiger charge is 2.14. The molecule has 9 nitrogen and oxygen atoms in total. The number of methoxy groups -OCH3 is 1. The van der Waals surface area contributed by atoms with Crippen LogP contribution in [0.2, 0.25) is 5.15 Å². The molecule has 1 aromatic heterocycles. The third kappa shape index (κ3) is 5.97. The summed E-state index contributed by atoms with van der Waals surface area (Å²) in [5.74, 6) is -1.46. The van der Waals surface area contributed by atoms with Crippen LogP contribution in [0.15, 0.2) is 58.4 Å². The fraction of sp³-hybridized carbons (Fsp3) is 0.174. The van der Waals surface area contributed by atoms with Crippen molar-refractivity contribution >= 4 is 47.0 Å². The molecule has 3 aromatic rings. The first-order valence-electron chi connectivity index (χ1n) is 10.0. The number of halogens is 1. The van der Waals surface area contributed by atoms with E-state index in [1.807, 2.05) is 0 Å². The van der Waals surface area contributed by atoms with Gasteiger partial charge in [0.05, 0.1) is 42.5 Å². The van der Waals surface area contributed by atoms with Crippen LogP contribution in [-0.4, -0.2) is 42.3 Å². The Morgan fingerprint density at radius 3 is 2.47 bits per heavy atom. The molecule has 0 aliphatic heterocycles. The maximum Gasteiger partial charge on any atom is 0.338 e. The molecule has 3 rings (SSSR count). The van der Waals surface area contributed by atoms with Crippen LogP contribution in [0.25, 0.3) is 0 Å². The molecule has 1 heterocycles. The predicted octanol–water partition coefficient (Wildman–Crippen LogP) is 3.34. The number of esters is 2. The lowest BCUT2D eigenvalue weighted by atomic mass is 10.1. The molecule has 0 spiro atoms. The average Bonchev–Trinajstić information content (AvgIpc) is 3.11. The zero-order chi connectivity index (χ0) is 24.7. The average molecular weight is 502 g/mol. The maximum atomic E-state index is 12.4. The highest BCUT2D eigenvalue weighted by molar-refractivity contribution is 7.11. The van der Waals surface area contributed by atoms with E-state index in [-0.39, 0.29) is 28.7 Å². The number of nitrogens with zero attached hydrogens (tertiary/aromatic N) is 2. The fourth-order valence-corrected chi connectivity index (χ4v) is 4.01. The minimum Gasteiger partial charge on any atom is -0.465 e. The molecule has 1 N–H and O–H groups in total. The van der Waals surface area contributed by atoms with E-state index in [1.54, 1.807) is 31.2 Å². The molecular weight excluding hydrogens is 482 g/mol. The summed E-state index contributed by atoms with van der Waals surface area (Å²) in [7, 11) is 1.29. The number of carbonyl (C=O) groups excluding carboxylic acids is 3. The van der Waals surface area contributed by atoms with Crippen molar-refractivity contribution in [2.75, 3.05) is 13.7 Å². The minimum atomic E-state index is -0.505. The molecule has 176 valence electrons. The second-order valence-corrected chi connectivity index (χ2v) is 8.15. The van der Waals surface area contributed by atoms with Crippen molar-refractivity contribution in [3.05, 3.63) is 90.5 Å². The molecule has 0 fully saturated rings. The molecule has 0 saturated carbocycles. The Hall–Kier alpha value is -3.76. The number of ether oxygens (including phenoxy) is 2. The summed E-state index contributed by atoms with van der Waals surface area (Å²) >= 11 is 7.21. The number of thiazole rings is 1. The molecule has 0 bridgehead atoms. The first kappa shape index (κ1) is 24.9. The van der Waals surface area contributed by atoms with Crippen molar-refractivity contribution in [1.29, 1.82) is 0 Å². The van der Waals surface area contributed by atoms with Gasteiger partial charge in [-0.25, -0.2) is 15.0 Å². The van der Waals surface area contributed by atoms with Crippen LogP contribution in [0.4, 0.5) is 0 Å². The van der Waals surface area contributed by atoms with Gasteiger partial charge >= 0.3 is 16.8 Å². The Kier molecular flexibility index (Phi) is 8.34. The van der Waals surface area contributed by atoms with Crippen molar-refractivity contribution in [2.45, 2.75) is 13.5 Å². The number of hydrogen-bond acceptors (Lipinski definition) is 8. The largest absolute Gasteiger partial charge is 0.465 e. The van der Waals surface area contributed by atoms with Gasteiger partial charge in [0.15, 0.2) is 0 Å². The van der Waals surface area contributed by atoms with Crippen molar-refractivity contribution in [2.24, 2.45) is 5.10 Å². The summed E-state index contributed by atoms with van der Waals surface area (Å²) < 4.78 is 10.9. The third-order valence-corrected chi connectivity index (χ3v) is 5.99. The summed E-state index contributed by atoms with van der Waals surface area (Å²) in [4.78, 5) is 48.1. The summed E-state index contributed by atoms with van der Waals surface area (Å²) in [6.45, 7) is 2.11. The molecule has 0 aliphatic rings. The van der Waals surface area contributed by atoms with Crippen molar-refractivity contribution in [3.63, 3.8) is 0 Å². The highest BCUT2D eigenvalue weighted by Crippen LogP contribution is 2.19. The molecule has 1 amide bonds. The monoisotopic (exact) mass is 501 g/mol. The number of carbonyl (C=O) groups is 3. The van der Waals surface area contributed by atoms with Gasteiger partial charge in [-0.1, -0.05) is 35.1 Å². The van der Waals surface area contributed by atoms with Gasteiger partial charge in [-0.05, 0) is 48.9 Å². The number of amides is 1. The lowest BCUT2D eigenvalue weighted by Gasteiger charge is -2.06. The van der Waals surface area contributed by atoms with Gasteiger partial charge in [0.25, 0.3) is 5.91 Å². The highest BCUT2D eigenvalue weighted by atomic mass is 35.5. The van der Waals surface area contributed by atoms with E-state index in [0.717, 1.165) is 11.3 Å². The zero-order valence-corrected chi connectivity index (χ0v) is 19.8. The van der Waals surface area contributed by atoms with E-state index in [9.17, 15) is 19.2 Å². The van der Waals surface area contributed by atoms with Crippen LogP contribution in [0.3, 0.4) is 0 Å². The molecular formula is C23H20ClN3O6S. The lowest BCUT2D eigenvalue weighted by molar-refractivity contribution is 0.0525. The predicted molar refractivity (Wildman–Crippen MR) is 128 cm³/mol. The van der Waals surface area contributed by atoms with E-state index in [2.05, 4.69) is 10.5 Å². The minimum absolute atomic E-state index is 0.145. The van der Waals surface area contributed by atoms with Gasteiger partial charge in [0.1, 0.15) is 5.15 Å². The molecule has 2 aromatic carbocycles. The lowest BCUT2D eigenvalue weighted by Crippen LogP contribution is -2.17. The number of benzene rings is 2. The quantitative estimate of drug-likeness (QED) is 0.287. The normalized spacial score (nSPS) is 10.8. The Morgan fingerprint density at radius 1 is 1.09 bits per heavy atom. The smallest absolute Gasteiger partial charge is 0.338 e. The molecule has 34 heavy (non-hydrogen) atoms. The van der Waals surface area contributed by atoms with Crippen molar-refractivity contribution < 1.29 is 23.9 Å².